The third kappa shape index (κ3) is 2.83. The monoisotopic (exact) mass is 291 g/mol. The molecular formula is C16H15ClFNO. The van der Waals surface area contributed by atoms with Gasteiger partial charge in [-0.3, -0.25) is 4.79 Å². The Morgan fingerprint density at radius 1 is 1.20 bits per heavy atom. The third-order valence-corrected chi connectivity index (χ3v) is 3.41. The van der Waals surface area contributed by atoms with Gasteiger partial charge in [-0.15, -0.1) is 0 Å². The lowest BCUT2D eigenvalue weighted by Crippen LogP contribution is -2.18. The molecule has 2 nitrogen and oxygen atoms in total. The van der Waals surface area contributed by atoms with E-state index in [0.29, 0.717) is 28.5 Å². The van der Waals surface area contributed by atoms with E-state index >= 15 is 0 Å². The Hall–Kier alpha value is -1.87. The van der Waals surface area contributed by atoms with Crippen molar-refractivity contribution in [3.63, 3.8) is 0 Å². The number of hydrogen-bond donors (Lipinski definition) is 0. The number of carbonyl (C=O) groups excluding carboxylic acids is 1. The minimum atomic E-state index is -0.305. The molecule has 0 fully saturated rings. The Bertz CT molecular complexity index is 642. The summed E-state index contributed by atoms with van der Waals surface area (Å²) in [5.41, 5.74) is 1.69. The maximum Gasteiger partial charge on any atom is 0.159 e. The molecule has 0 aliphatic rings. The van der Waals surface area contributed by atoms with Gasteiger partial charge < -0.3 is 4.90 Å². The lowest BCUT2D eigenvalue weighted by molar-refractivity contribution is 0.101. The van der Waals surface area contributed by atoms with Crippen LogP contribution in [-0.4, -0.2) is 12.3 Å². The molecule has 0 radical (unpaired) electrons. The molecule has 0 heterocycles. The van der Waals surface area contributed by atoms with Crippen LogP contribution in [0.5, 0.6) is 0 Å². The molecule has 2 rings (SSSR count). The molecule has 0 aliphatic carbocycles. The fourth-order valence-corrected chi connectivity index (χ4v) is 2.37. The zero-order valence-corrected chi connectivity index (χ0v) is 12.1. The van der Waals surface area contributed by atoms with Gasteiger partial charge in [0.2, 0.25) is 0 Å². The first-order valence-corrected chi connectivity index (χ1v) is 6.75. The SMILES string of the molecule is CCN(c1ccccc1F)c1ccc(C(C)=O)cc1Cl. The molecule has 2 aromatic carbocycles. The van der Waals surface area contributed by atoms with E-state index in [1.54, 1.807) is 41.3 Å². The van der Waals surface area contributed by atoms with Crippen LogP contribution in [0.15, 0.2) is 42.5 Å². The zero-order chi connectivity index (χ0) is 14.7. The van der Waals surface area contributed by atoms with Gasteiger partial charge in [-0.25, -0.2) is 4.39 Å². The van der Waals surface area contributed by atoms with Crippen molar-refractivity contribution in [2.75, 3.05) is 11.4 Å². The number of benzene rings is 2. The highest BCUT2D eigenvalue weighted by atomic mass is 35.5. The van der Waals surface area contributed by atoms with Gasteiger partial charge in [0.05, 0.1) is 16.4 Å². The molecule has 0 aromatic heterocycles. The lowest BCUT2D eigenvalue weighted by Gasteiger charge is -2.25. The van der Waals surface area contributed by atoms with Crippen LogP contribution in [0, 0.1) is 5.82 Å². The van der Waals surface area contributed by atoms with Gasteiger partial charge in [0.25, 0.3) is 0 Å². The normalized spacial score (nSPS) is 10.4. The summed E-state index contributed by atoms with van der Waals surface area (Å²) in [6, 6.07) is 11.6. The standard InChI is InChI=1S/C16H15ClFNO/c1-3-19(16-7-5-4-6-14(16)18)15-9-8-12(11(2)20)10-13(15)17/h4-10H,3H2,1-2H3. The van der Waals surface area contributed by atoms with Gasteiger partial charge in [-0.05, 0) is 44.2 Å². The van der Waals surface area contributed by atoms with E-state index in [1.807, 2.05) is 6.92 Å². The molecular weight excluding hydrogens is 277 g/mol. The van der Waals surface area contributed by atoms with Gasteiger partial charge in [0.15, 0.2) is 5.78 Å². The van der Waals surface area contributed by atoms with E-state index in [4.69, 9.17) is 11.6 Å². The molecule has 0 spiro atoms. The molecule has 0 bridgehead atoms. The zero-order valence-electron chi connectivity index (χ0n) is 11.4. The molecule has 20 heavy (non-hydrogen) atoms. The van der Waals surface area contributed by atoms with Crippen LogP contribution >= 0.6 is 11.6 Å². The van der Waals surface area contributed by atoms with E-state index in [-0.39, 0.29) is 11.6 Å². The van der Waals surface area contributed by atoms with Crippen molar-refractivity contribution in [3.8, 4) is 0 Å². The highest BCUT2D eigenvalue weighted by Crippen LogP contribution is 2.33. The number of nitrogens with zero attached hydrogens (tertiary/aromatic N) is 1. The summed E-state index contributed by atoms with van der Waals surface area (Å²) in [4.78, 5) is 13.1. The summed E-state index contributed by atoms with van der Waals surface area (Å²) in [7, 11) is 0. The van der Waals surface area contributed by atoms with Crippen molar-refractivity contribution < 1.29 is 9.18 Å². The van der Waals surface area contributed by atoms with Gasteiger partial charge in [0, 0.05) is 12.1 Å². The molecule has 0 aliphatic heterocycles. The first kappa shape index (κ1) is 14.5. The Labute approximate surface area is 122 Å². The van der Waals surface area contributed by atoms with Crippen molar-refractivity contribution in [2.45, 2.75) is 13.8 Å². The predicted molar refractivity (Wildman–Crippen MR) is 80.5 cm³/mol. The van der Waals surface area contributed by atoms with E-state index in [2.05, 4.69) is 0 Å². The summed E-state index contributed by atoms with van der Waals surface area (Å²) in [6.45, 7) is 3.97. The highest BCUT2D eigenvalue weighted by molar-refractivity contribution is 6.33. The fraction of sp³-hybridized carbons (Fsp3) is 0.188. The molecule has 0 saturated carbocycles. The van der Waals surface area contributed by atoms with E-state index in [1.165, 1.54) is 13.0 Å². The average molecular weight is 292 g/mol. The van der Waals surface area contributed by atoms with Crippen molar-refractivity contribution in [3.05, 3.63) is 58.9 Å². The van der Waals surface area contributed by atoms with Crippen LogP contribution in [0.4, 0.5) is 15.8 Å². The largest absolute Gasteiger partial charge is 0.338 e. The second-order valence-corrected chi connectivity index (χ2v) is 4.83. The second-order valence-electron chi connectivity index (χ2n) is 4.42. The number of para-hydroxylation sites is 1. The molecule has 0 saturated heterocycles. The van der Waals surface area contributed by atoms with Crippen LogP contribution in [0.25, 0.3) is 0 Å². The van der Waals surface area contributed by atoms with Crippen LogP contribution in [0.1, 0.15) is 24.2 Å². The summed E-state index contributed by atoms with van der Waals surface area (Å²) < 4.78 is 13.9. The highest BCUT2D eigenvalue weighted by Gasteiger charge is 2.15. The summed E-state index contributed by atoms with van der Waals surface area (Å²) in [5, 5.41) is 0.433. The number of hydrogen-bond acceptors (Lipinski definition) is 2. The third-order valence-electron chi connectivity index (χ3n) is 3.10. The molecule has 0 amide bonds. The summed E-state index contributed by atoms with van der Waals surface area (Å²) in [5.74, 6) is -0.353. The lowest BCUT2D eigenvalue weighted by atomic mass is 10.1. The van der Waals surface area contributed by atoms with Crippen LogP contribution in [0.2, 0.25) is 5.02 Å². The number of anilines is 2. The first-order chi connectivity index (χ1) is 9.54. The second kappa shape index (κ2) is 6.06. The van der Waals surface area contributed by atoms with E-state index < -0.39 is 0 Å². The van der Waals surface area contributed by atoms with E-state index in [9.17, 15) is 9.18 Å². The van der Waals surface area contributed by atoms with Gasteiger partial charge in [0.1, 0.15) is 5.82 Å². The number of ketones is 1. The van der Waals surface area contributed by atoms with E-state index in [0.717, 1.165) is 0 Å². The maximum absolute atomic E-state index is 13.9. The maximum atomic E-state index is 13.9. The average Bonchev–Trinajstić information content (AvgIpc) is 2.43. The molecule has 104 valence electrons. The Kier molecular flexibility index (Phi) is 4.40. The Morgan fingerprint density at radius 3 is 2.45 bits per heavy atom. The minimum Gasteiger partial charge on any atom is -0.338 e. The van der Waals surface area contributed by atoms with Crippen LogP contribution < -0.4 is 4.90 Å². The molecule has 0 unspecified atom stereocenters. The van der Waals surface area contributed by atoms with Crippen molar-refractivity contribution >= 4 is 28.8 Å². The Balaban J connectivity index is 2.48. The number of carbonyl (C=O) groups is 1. The molecule has 4 heteroatoms. The van der Waals surface area contributed by atoms with Crippen molar-refractivity contribution in [1.29, 1.82) is 0 Å². The van der Waals surface area contributed by atoms with Gasteiger partial charge in [-0.2, -0.15) is 0 Å². The summed E-state index contributed by atoms with van der Waals surface area (Å²) in [6.07, 6.45) is 0. The predicted octanol–water partition coefficient (Wildman–Crippen LogP) is 4.84. The van der Waals surface area contributed by atoms with Crippen LogP contribution in [-0.2, 0) is 0 Å². The topological polar surface area (TPSA) is 20.3 Å². The fourth-order valence-electron chi connectivity index (χ4n) is 2.09. The van der Waals surface area contributed by atoms with Gasteiger partial charge in [-0.1, -0.05) is 23.7 Å². The van der Waals surface area contributed by atoms with Crippen molar-refractivity contribution in [2.24, 2.45) is 0 Å². The van der Waals surface area contributed by atoms with Gasteiger partial charge >= 0.3 is 0 Å². The van der Waals surface area contributed by atoms with Crippen molar-refractivity contribution in [1.82, 2.24) is 0 Å². The molecule has 2 aromatic rings. The first-order valence-electron chi connectivity index (χ1n) is 6.37. The Morgan fingerprint density at radius 2 is 1.90 bits per heavy atom. The molecule has 0 N–H and O–H groups in total. The quantitative estimate of drug-likeness (QED) is 0.751. The number of rotatable bonds is 4. The van der Waals surface area contributed by atoms with Crippen LogP contribution in [0.3, 0.4) is 0 Å². The summed E-state index contributed by atoms with van der Waals surface area (Å²) >= 11 is 6.23. The minimum absolute atomic E-state index is 0.0487. The molecule has 0 atom stereocenters. The smallest absolute Gasteiger partial charge is 0.159 e. The number of Topliss-reactive ketones (excluding diaryl/α,β-unsaturated/α-hetero) is 1. The number of halogens is 2.